The molecule has 6 aromatic carbocycles. The Kier molecular flexibility index (Phi) is 26.9. The molecule has 2 aliphatic heterocycles. The monoisotopic (exact) mass is 1320 g/mol. The number of hydrogen-bond acceptors (Lipinski definition) is 15. The van der Waals surface area contributed by atoms with E-state index in [1.54, 1.807) is 17.3 Å². The topological polar surface area (TPSA) is 269 Å². The molecular formula is C72H76Cl2F2N14O5. The second-order valence-electron chi connectivity index (χ2n) is 23.1. The molecule has 0 unspecified atom stereocenters. The van der Waals surface area contributed by atoms with Crippen LogP contribution in [0.2, 0.25) is 5.28 Å². The predicted molar refractivity (Wildman–Crippen MR) is 373 cm³/mol. The molecule has 19 nitrogen and oxygen atoms in total. The molecule has 2 saturated carbocycles. The Morgan fingerprint density at radius 3 is 1.54 bits per heavy atom. The molecule has 0 radical (unpaired) electrons. The van der Waals surface area contributed by atoms with Crippen molar-refractivity contribution in [1.29, 1.82) is 0 Å². The van der Waals surface area contributed by atoms with Crippen LogP contribution in [0.3, 0.4) is 0 Å². The van der Waals surface area contributed by atoms with Gasteiger partial charge in [0.25, 0.3) is 5.91 Å². The lowest BCUT2D eigenvalue weighted by Crippen LogP contribution is -2.32. The Morgan fingerprint density at radius 2 is 1.05 bits per heavy atom. The fourth-order valence-electron chi connectivity index (χ4n) is 11.1. The molecule has 4 aromatic heterocycles. The van der Waals surface area contributed by atoms with Gasteiger partial charge in [-0.2, -0.15) is 0 Å². The summed E-state index contributed by atoms with van der Waals surface area (Å²) >= 11 is 5.60. The average molecular weight is 1330 g/mol. The van der Waals surface area contributed by atoms with Crippen LogP contribution in [0.1, 0.15) is 96.6 Å². The largest absolute Gasteiger partial charge is 0.478 e. The van der Waals surface area contributed by atoms with Crippen LogP contribution in [0.15, 0.2) is 184 Å². The molecule has 2 atom stereocenters. The first-order valence-electron chi connectivity index (χ1n) is 31.4. The van der Waals surface area contributed by atoms with Crippen LogP contribution in [0, 0.1) is 23.5 Å². The van der Waals surface area contributed by atoms with Crippen LogP contribution < -0.4 is 27.0 Å². The third-order valence-electron chi connectivity index (χ3n) is 16.1. The SMILES string of the molecule is C=CC(=O)Nc1ccc(C(=O)N2CC[C@@H](Nc3ncc4ccccc4n3)C2)cc1F.C=CC(=O)Nc1ccc(C(=O)O)cc1F.Cl.Clc1ncc2ccccc2n1.NC1CCCC1.c1ccc2nc(CC3CCCC3)ncc2c1.c1ccc2nc(C[C@@H]3CCNC3)ncc2c1. The molecule has 23 heteroatoms. The number of fused-ring (bicyclic) bond motifs is 4. The lowest BCUT2D eigenvalue weighted by molar-refractivity contribution is -0.112. The highest BCUT2D eigenvalue weighted by atomic mass is 35.5. The van der Waals surface area contributed by atoms with Crippen molar-refractivity contribution >= 4 is 109 Å². The summed E-state index contributed by atoms with van der Waals surface area (Å²) in [5.74, 6) is 0.00492. The van der Waals surface area contributed by atoms with E-state index in [9.17, 15) is 28.0 Å². The van der Waals surface area contributed by atoms with Crippen molar-refractivity contribution in [2.75, 3.05) is 42.1 Å². The molecule has 0 spiro atoms. The van der Waals surface area contributed by atoms with E-state index in [1.165, 1.54) is 82.1 Å². The summed E-state index contributed by atoms with van der Waals surface area (Å²) in [6.07, 6.45) is 24.2. The lowest BCUT2D eigenvalue weighted by Gasteiger charge is -2.18. The zero-order valence-electron chi connectivity index (χ0n) is 52.4. The van der Waals surface area contributed by atoms with Crippen LogP contribution in [-0.4, -0.2) is 112 Å². The Hall–Kier alpha value is -9.80. The summed E-state index contributed by atoms with van der Waals surface area (Å²) in [5.41, 5.74) is 9.37. The number of amides is 3. The zero-order valence-corrected chi connectivity index (χ0v) is 54.0. The molecule has 7 N–H and O–H groups in total. The standard InChI is InChI=1S/C22H20FN5O2.C14H16N2.C13H15N3.C10H8FNO3.C8H5ClN2.C5H11N.ClH/c1-2-20(29)26-19-8-7-14(11-17(19)23)21(30)28-10-9-16(13-28)25-22-24-12-15-5-3-4-6-18(15)27-22;1-2-6-11(5-1)9-14-15-10-12-7-3-4-8-13(12)16-14;1-2-4-12-11(3-1)9-15-13(16-12)7-10-5-6-14-8-10;1-2-9(13)12-8-4-3-6(10(14)15)5-7(8)11;9-8-10-5-6-3-1-2-4-7(6)11-8;6-5-3-1-2-4-5;/h2-8,11-12,16H,1,9-10,13H2,(H,26,29)(H,24,25,27);3-4,7-8,10-11H,1-2,5-6,9H2;1-4,9-10,14H,5-8H2;2-5H,1H2,(H,12,13)(H,14,15);1-5H;5H,1-4,6H2;1H/t16-;;10-;;;;/m1.0..../s1. The molecule has 95 heavy (non-hydrogen) atoms. The van der Waals surface area contributed by atoms with Gasteiger partial charge in [0, 0.05) is 89.9 Å². The van der Waals surface area contributed by atoms with Crippen LogP contribution in [0.4, 0.5) is 26.1 Å². The average Bonchev–Trinajstić information content (AvgIpc) is 3.88. The number of carbonyl (C=O) groups is 4. The minimum Gasteiger partial charge on any atom is -0.478 e. The fraction of sp³-hybridized carbons (Fsp3) is 0.278. The lowest BCUT2D eigenvalue weighted by atomic mass is 10.0. The number of carbonyl (C=O) groups excluding carboxylic acids is 3. The van der Waals surface area contributed by atoms with Crippen molar-refractivity contribution in [3.05, 3.63) is 223 Å². The number of nitrogens with one attached hydrogen (secondary N) is 4. The van der Waals surface area contributed by atoms with Crippen molar-refractivity contribution in [1.82, 2.24) is 50.1 Å². The third kappa shape index (κ3) is 21.6. The summed E-state index contributed by atoms with van der Waals surface area (Å²) in [5, 5.41) is 24.3. The summed E-state index contributed by atoms with van der Waals surface area (Å²) in [4.78, 5) is 81.9. The summed E-state index contributed by atoms with van der Waals surface area (Å²) < 4.78 is 27.4. The van der Waals surface area contributed by atoms with Gasteiger partial charge in [0.15, 0.2) is 0 Å². The van der Waals surface area contributed by atoms with Crippen LogP contribution in [-0.2, 0) is 22.4 Å². The van der Waals surface area contributed by atoms with Crippen molar-refractivity contribution < 1.29 is 33.1 Å². The number of para-hydroxylation sites is 4. The minimum atomic E-state index is -1.23. The van der Waals surface area contributed by atoms with Crippen molar-refractivity contribution in [2.45, 2.75) is 89.1 Å². The number of hydrogen-bond donors (Lipinski definition) is 6. The molecule has 14 rings (SSSR count). The molecule has 10 aromatic rings. The molecular weight excluding hydrogens is 1250 g/mol. The Balaban J connectivity index is 0.000000154. The van der Waals surface area contributed by atoms with Crippen molar-refractivity contribution in [2.24, 2.45) is 17.6 Å². The third-order valence-corrected chi connectivity index (χ3v) is 16.3. The van der Waals surface area contributed by atoms with Gasteiger partial charge < -0.3 is 37.0 Å². The van der Waals surface area contributed by atoms with E-state index in [4.69, 9.17) is 22.4 Å². The molecule has 3 amide bonds. The maximum atomic E-state index is 14.2. The molecule has 6 heterocycles. The number of anilines is 3. The minimum absolute atomic E-state index is 0. The maximum absolute atomic E-state index is 14.2. The highest BCUT2D eigenvalue weighted by Gasteiger charge is 2.28. The summed E-state index contributed by atoms with van der Waals surface area (Å²) in [7, 11) is 0. The molecule has 4 aliphatic rings. The van der Waals surface area contributed by atoms with Gasteiger partial charge >= 0.3 is 5.97 Å². The first-order valence-corrected chi connectivity index (χ1v) is 31.8. The number of aromatic nitrogens is 8. The zero-order chi connectivity index (χ0) is 66.2. The predicted octanol–water partition coefficient (Wildman–Crippen LogP) is 13.6. The number of nitrogens with two attached hydrogens (primary N) is 1. The van der Waals surface area contributed by atoms with E-state index in [0.717, 1.165) is 118 Å². The van der Waals surface area contributed by atoms with Crippen LogP contribution in [0.25, 0.3) is 43.6 Å². The van der Waals surface area contributed by atoms with Gasteiger partial charge in [-0.05, 0) is 135 Å². The van der Waals surface area contributed by atoms with Crippen LogP contribution >= 0.6 is 24.0 Å². The first-order chi connectivity index (χ1) is 45.7. The summed E-state index contributed by atoms with van der Waals surface area (Å²) in [6, 6.07) is 39.5. The number of carboxylic acids is 1. The molecule has 492 valence electrons. The van der Waals surface area contributed by atoms with Gasteiger partial charge in [0.2, 0.25) is 23.0 Å². The van der Waals surface area contributed by atoms with E-state index in [-0.39, 0.29) is 46.9 Å². The highest BCUT2D eigenvalue weighted by molar-refractivity contribution is 6.28. The highest BCUT2D eigenvalue weighted by Crippen LogP contribution is 2.28. The number of benzene rings is 6. The molecule has 2 saturated heterocycles. The van der Waals surface area contributed by atoms with E-state index < -0.39 is 29.4 Å². The van der Waals surface area contributed by atoms with Gasteiger partial charge in [0.05, 0.1) is 39.0 Å². The molecule has 4 fully saturated rings. The Labute approximate surface area is 561 Å². The van der Waals surface area contributed by atoms with Crippen molar-refractivity contribution in [3.8, 4) is 0 Å². The smallest absolute Gasteiger partial charge is 0.335 e. The van der Waals surface area contributed by atoms with Gasteiger partial charge in [0.1, 0.15) is 23.3 Å². The van der Waals surface area contributed by atoms with Crippen LogP contribution in [0.5, 0.6) is 0 Å². The Morgan fingerprint density at radius 1 is 0.589 bits per heavy atom. The number of halogens is 4. The van der Waals surface area contributed by atoms with Gasteiger partial charge in [-0.25, -0.2) is 53.4 Å². The second-order valence-corrected chi connectivity index (χ2v) is 23.4. The maximum Gasteiger partial charge on any atom is 0.335 e. The molecule has 0 bridgehead atoms. The number of carboxylic acid groups (broad SMARTS) is 1. The first kappa shape index (κ1) is 71.1. The Bertz CT molecular complexity index is 4160. The number of aromatic carboxylic acids is 1. The van der Waals surface area contributed by atoms with Gasteiger partial charge in [-0.1, -0.05) is 124 Å². The number of likely N-dealkylation sites (tertiary alicyclic amines) is 1. The quantitative estimate of drug-likeness (QED) is 0.0490. The van der Waals surface area contributed by atoms with E-state index in [2.05, 4.69) is 92.5 Å². The number of rotatable bonds is 12. The van der Waals surface area contributed by atoms with E-state index >= 15 is 0 Å². The van der Waals surface area contributed by atoms with E-state index in [0.29, 0.717) is 36.3 Å². The molecule has 2 aliphatic carbocycles. The van der Waals surface area contributed by atoms with Crippen molar-refractivity contribution in [3.63, 3.8) is 0 Å². The van der Waals surface area contributed by atoms with Gasteiger partial charge in [-0.3, -0.25) is 14.4 Å². The van der Waals surface area contributed by atoms with E-state index in [1.807, 2.05) is 91.3 Å². The fourth-order valence-corrected chi connectivity index (χ4v) is 11.2. The second kappa shape index (κ2) is 36.0. The van der Waals surface area contributed by atoms with Gasteiger partial charge in [-0.15, -0.1) is 12.4 Å². The summed E-state index contributed by atoms with van der Waals surface area (Å²) in [6.45, 7) is 9.78. The number of nitrogens with zero attached hydrogens (tertiary/aromatic N) is 9. The normalized spacial score (nSPS) is 15.6.